The van der Waals surface area contributed by atoms with Crippen molar-refractivity contribution in [1.29, 1.82) is 0 Å². The molecule has 1 N–H and O–H groups in total. The van der Waals surface area contributed by atoms with Crippen LogP contribution in [0.15, 0.2) is 12.1 Å². The highest BCUT2D eigenvalue weighted by Gasteiger charge is 2.24. The van der Waals surface area contributed by atoms with Crippen LogP contribution in [0.25, 0.3) is 0 Å². The molecule has 1 aromatic carbocycles. The molecule has 2 rings (SSSR count). The number of rotatable bonds is 5. The molecule has 0 aliphatic heterocycles. The van der Waals surface area contributed by atoms with Crippen LogP contribution in [0.1, 0.15) is 44.2 Å². The van der Waals surface area contributed by atoms with Gasteiger partial charge in [-0.3, -0.25) is 0 Å². The number of phenols is 1. The number of hydrogen-bond acceptors (Lipinski definition) is 2. The minimum atomic E-state index is 0.220. The molecule has 3 heteroatoms. The Bertz CT molecular complexity index is 427. The zero-order chi connectivity index (χ0) is 13.8. The summed E-state index contributed by atoms with van der Waals surface area (Å²) >= 11 is 6.03. The summed E-state index contributed by atoms with van der Waals surface area (Å²) in [5, 5.41) is 10.2. The van der Waals surface area contributed by atoms with Gasteiger partial charge in [0, 0.05) is 6.04 Å². The van der Waals surface area contributed by atoms with Gasteiger partial charge in [-0.2, -0.15) is 0 Å². The molecule has 1 aromatic rings. The molecule has 0 heterocycles. The normalized spacial score (nSPS) is 18.6. The molecule has 1 aliphatic carbocycles. The molecule has 0 amide bonds. The molecule has 0 spiro atoms. The first kappa shape index (κ1) is 14.7. The summed E-state index contributed by atoms with van der Waals surface area (Å²) < 4.78 is 0. The number of phenolic OH excluding ortho intramolecular Hbond substituents is 1. The zero-order valence-corrected chi connectivity index (χ0v) is 12.7. The van der Waals surface area contributed by atoms with E-state index in [1.807, 2.05) is 12.1 Å². The molecule has 106 valence electrons. The van der Waals surface area contributed by atoms with Crippen molar-refractivity contribution in [2.75, 3.05) is 13.1 Å². The number of halogens is 1. The highest BCUT2D eigenvalue weighted by molar-refractivity contribution is 6.32. The van der Waals surface area contributed by atoms with E-state index in [0.717, 1.165) is 12.8 Å². The van der Waals surface area contributed by atoms with Crippen molar-refractivity contribution in [1.82, 2.24) is 4.90 Å². The molecule has 2 nitrogen and oxygen atoms in total. The Labute approximate surface area is 121 Å². The molecule has 1 atom stereocenters. The number of benzene rings is 1. The van der Waals surface area contributed by atoms with Crippen LogP contribution < -0.4 is 0 Å². The summed E-state index contributed by atoms with van der Waals surface area (Å²) in [7, 11) is 0. The molecule has 19 heavy (non-hydrogen) atoms. The zero-order valence-electron chi connectivity index (χ0n) is 12.0. The van der Waals surface area contributed by atoms with Crippen molar-refractivity contribution >= 4 is 11.6 Å². The smallest absolute Gasteiger partial charge is 0.134 e. The van der Waals surface area contributed by atoms with Crippen LogP contribution in [0.2, 0.25) is 5.02 Å². The predicted octanol–water partition coefficient (Wildman–Crippen LogP) is 4.02. The van der Waals surface area contributed by atoms with E-state index in [9.17, 15) is 5.11 Å². The second-order valence-corrected chi connectivity index (χ2v) is 5.91. The lowest BCUT2D eigenvalue weighted by Crippen LogP contribution is -2.40. The van der Waals surface area contributed by atoms with Crippen molar-refractivity contribution < 1.29 is 5.11 Å². The summed E-state index contributed by atoms with van der Waals surface area (Å²) in [5.41, 5.74) is 2.59. The lowest BCUT2D eigenvalue weighted by atomic mass is 9.87. The molecular weight excluding hydrogens is 258 g/mol. The number of hydrogen-bond donors (Lipinski definition) is 1. The fourth-order valence-corrected chi connectivity index (χ4v) is 3.30. The third kappa shape index (κ3) is 3.43. The van der Waals surface area contributed by atoms with Crippen LogP contribution in [0, 0.1) is 0 Å². The van der Waals surface area contributed by atoms with Gasteiger partial charge < -0.3 is 10.0 Å². The standard InChI is InChI=1S/C16H24ClNO/c1-3-7-18(8-4-2)14-6-5-12-11-16(19)15(17)10-13(12)9-14/h10-11,14,19H,3-9H2,1-2H3/t14-/m0/s1. The van der Waals surface area contributed by atoms with E-state index in [1.54, 1.807) is 0 Å². The lowest BCUT2D eigenvalue weighted by molar-refractivity contribution is 0.180. The van der Waals surface area contributed by atoms with E-state index in [-0.39, 0.29) is 5.75 Å². The molecule has 1 aliphatic rings. The van der Waals surface area contributed by atoms with Crippen molar-refractivity contribution in [2.45, 2.75) is 52.0 Å². The van der Waals surface area contributed by atoms with E-state index in [1.165, 1.54) is 43.5 Å². The molecular formula is C16H24ClNO. The van der Waals surface area contributed by atoms with Crippen molar-refractivity contribution in [2.24, 2.45) is 0 Å². The Hall–Kier alpha value is -0.730. The number of fused-ring (bicyclic) bond motifs is 1. The van der Waals surface area contributed by atoms with Gasteiger partial charge in [0.05, 0.1) is 5.02 Å². The van der Waals surface area contributed by atoms with Gasteiger partial charge in [0.2, 0.25) is 0 Å². The molecule has 0 aromatic heterocycles. The number of aromatic hydroxyl groups is 1. The van der Waals surface area contributed by atoms with E-state index < -0.39 is 0 Å². The molecule has 0 saturated carbocycles. The fourth-order valence-electron chi connectivity index (χ4n) is 3.11. The van der Waals surface area contributed by atoms with E-state index in [0.29, 0.717) is 11.1 Å². The molecule has 0 fully saturated rings. The van der Waals surface area contributed by atoms with E-state index in [4.69, 9.17) is 11.6 Å². The van der Waals surface area contributed by atoms with Crippen molar-refractivity contribution in [3.8, 4) is 5.75 Å². The summed E-state index contributed by atoms with van der Waals surface area (Å²) in [4.78, 5) is 2.61. The van der Waals surface area contributed by atoms with E-state index >= 15 is 0 Å². The van der Waals surface area contributed by atoms with Gasteiger partial charge in [-0.1, -0.05) is 25.4 Å². The van der Waals surface area contributed by atoms with Gasteiger partial charge in [-0.25, -0.2) is 0 Å². The summed E-state index contributed by atoms with van der Waals surface area (Å²) in [6.45, 7) is 6.85. The van der Waals surface area contributed by atoms with Gasteiger partial charge in [0.25, 0.3) is 0 Å². The summed E-state index contributed by atoms with van der Waals surface area (Å²) in [6.07, 6.45) is 5.72. The summed E-state index contributed by atoms with van der Waals surface area (Å²) in [5.74, 6) is 0.220. The van der Waals surface area contributed by atoms with Crippen LogP contribution >= 0.6 is 11.6 Å². The second kappa shape index (κ2) is 6.62. The highest BCUT2D eigenvalue weighted by Crippen LogP contribution is 2.32. The maximum atomic E-state index is 9.68. The summed E-state index contributed by atoms with van der Waals surface area (Å²) in [6, 6.07) is 4.43. The SMILES string of the molecule is CCCN(CCC)[C@H]1CCc2cc(O)c(Cl)cc2C1. The third-order valence-corrected chi connectivity index (χ3v) is 4.31. The minimum absolute atomic E-state index is 0.220. The number of nitrogens with zero attached hydrogens (tertiary/aromatic N) is 1. The Kier molecular flexibility index (Phi) is 5.12. The molecule has 0 bridgehead atoms. The van der Waals surface area contributed by atoms with Crippen LogP contribution in [-0.4, -0.2) is 29.1 Å². The number of aryl methyl sites for hydroxylation is 1. The maximum Gasteiger partial charge on any atom is 0.134 e. The highest BCUT2D eigenvalue weighted by atomic mass is 35.5. The van der Waals surface area contributed by atoms with Gasteiger partial charge in [0.15, 0.2) is 0 Å². The van der Waals surface area contributed by atoms with Crippen molar-refractivity contribution in [3.63, 3.8) is 0 Å². The molecule has 0 radical (unpaired) electrons. The maximum absolute atomic E-state index is 9.68. The van der Waals surface area contributed by atoms with Gasteiger partial charge in [0.1, 0.15) is 5.75 Å². The fraction of sp³-hybridized carbons (Fsp3) is 0.625. The topological polar surface area (TPSA) is 23.5 Å². The minimum Gasteiger partial charge on any atom is -0.506 e. The Morgan fingerprint density at radius 1 is 1.21 bits per heavy atom. The Morgan fingerprint density at radius 3 is 2.53 bits per heavy atom. The van der Waals surface area contributed by atoms with Crippen molar-refractivity contribution in [3.05, 3.63) is 28.3 Å². The van der Waals surface area contributed by atoms with Gasteiger partial charge in [-0.15, -0.1) is 0 Å². The van der Waals surface area contributed by atoms with E-state index in [2.05, 4.69) is 18.7 Å². The van der Waals surface area contributed by atoms with Gasteiger partial charge in [-0.05, 0) is 68.5 Å². The molecule has 0 unspecified atom stereocenters. The Morgan fingerprint density at radius 2 is 1.89 bits per heavy atom. The first-order valence-electron chi connectivity index (χ1n) is 7.40. The van der Waals surface area contributed by atoms with Crippen LogP contribution in [0.3, 0.4) is 0 Å². The first-order chi connectivity index (χ1) is 9.15. The van der Waals surface area contributed by atoms with Crippen LogP contribution in [0.4, 0.5) is 0 Å². The average Bonchev–Trinajstić information content (AvgIpc) is 2.39. The lowest BCUT2D eigenvalue weighted by Gasteiger charge is -2.35. The second-order valence-electron chi connectivity index (χ2n) is 5.50. The average molecular weight is 282 g/mol. The third-order valence-electron chi connectivity index (χ3n) is 4.01. The monoisotopic (exact) mass is 281 g/mol. The van der Waals surface area contributed by atoms with Crippen LogP contribution in [0.5, 0.6) is 5.75 Å². The predicted molar refractivity (Wildman–Crippen MR) is 81.1 cm³/mol. The molecule has 0 saturated heterocycles. The first-order valence-corrected chi connectivity index (χ1v) is 7.77. The quantitative estimate of drug-likeness (QED) is 0.881. The Balaban J connectivity index is 2.14. The van der Waals surface area contributed by atoms with Gasteiger partial charge >= 0.3 is 0 Å². The van der Waals surface area contributed by atoms with Crippen LogP contribution in [-0.2, 0) is 12.8 Å². The largest absolute Gasteiger partial charge is 0.506 e.